The van der Waals surface area contributed by atoms with Crippen LogP contribution in [0.3, 0.4) is 0 Å². The molecule has 2 aliphatic rings. The SMILES string of the molecule is Cc1cc(=O)[nH]c(SCC(=O)N2N=C3C(=Cc4ccco4)CCCC3C2c2ccco2)n1. The van der Waals surface area contributed by atoms with E-state index in [-0.39, 0.29) is 29.2 Å². The van der Waals surface area contributed by atoms with Crippen LogP contribution >= 0.6 is 11.8 Å². The third-order valence-electron chi connectivity index (χ3n) is 5.63. The number of nitrogens with one attached hydrogen (secondary N) is 1. The van der Waals surface area contributed by atoms with Crippen LogP contribution in [0.1, 0.15) is 42.5 Å². The molecule has 1 amide bonds. The van der Waals surface area contributed by atoms with Gasteiger partial charge in [-0.05, 0) is 62.1 Å². The number of fused-ring (bicyclic) bond motifs is 1. The van der Waals surface area contributed by atoms with Crippen molar-refractivity contribution in [1.82, 2.24) is 15.0 Å². The molecule has 32 heavy (non-hydrogen) atoms. The first kappa shape index (κ1) is 20.6. The molecule has 1 aliphatic carbocycles. The molecule has 3 aromatic heterocycles. The summed E-state index contributed by atoms with van der Waals surface area (Å²) in [5, 5.41) is 6.74. The number of hydrazone groups is 1. The lowest BCUT2D eigenvalue weighted by Gasteiger charge is -2.27. The quantitative estimate of drug-likeness (QED) is 0.462. The largest absolute Gasteiger partial charge is 0.467 e. The maximum atomic E-state index is 13.3. The summed E-state index contributed by atoms with van der Waals surface area (Å²) in [5.41, 5.74) is 2.37. The van der Waals surface area contributed by atoms with Gasteiger partial charge >= 0.3 is 0 Å². The molecule has 2 atom stereocenters. The Morgan fingerprint density at radius 2 is 2.16 bits per heavy atom. The number of aryl methyl sites for hydroxylation is 1. The number of carbonyl (C=O) groups excluding carboxylic acids is 1. The minimum atomic E-state index is -0.294. The number of furan rings is 2. The Labute approximate surface area is 188 Å². The molecule has 0 bridgehead atoms. The monoisotopic (exact) mass is 450 g/mol. The van der Waals surface area contributed by atoms with Crippen molar-refractivity contribution in [3.05, 3.63) is 76.0 Å². The molecular weight excluding hydrogens is 428 g/mol. The molecule has 1 aliphatic heterocycles. The van der Waals surface area contributed by atoms with Crippen molar-refractivity contribution in [3.8, 4) is 0 Å². The van der Waals surface area contributed by atoms with Gasteiger partial charge in [-0.15, -0.1) is 0 Å². The maximum absolute atomic E-state index is 13.3. The van der Waals surface area contributed by atoms with Crippen molar-refractivity contribution in [1.29, 1.82) is 0 Å². The molecule has 0 radical (unpaired) electrons. The maximum Gasteiger partial charge on any atom is 0.253 e. The molecule has 1 saturated carbocycles. The number of aromatic amines is 1. The van der Waals surface area contributed by atoms with Crippen molar-refractivity contribution < 1.29 is 13.6 Å². The average Bonchev–Trinajstić information content (AvgIpc) is 3.52. The molecule has 0 spiro atoms. The summed E-state index contributed by atoms with van der Waals surface area (Å²) in [4.78, 5) is 31.9. The van der Waals surface area contributed by atoms with Crippen molar-refractivity contribution in [2.75, 3.05) is 5.75 Å². The van der Waals surface area contributed by atoms with Crippen LogP contribution in [0.2, 0.25) is 0 Å². The number of thioether (sulfide) groups is 1. The summed E-state index contributed by atoms with van der Waals surface area (Å²) < 4.78 is 11.2. The van der Waals surface area contributed by atoms with E-state index in [0.717, 1.165) is 36.3 Å². The van der Waals surface area contributed by atoms with Gasteiger partial charge in [0.1, 0.15) is 17.6 Å². The Morgan fingerprint density at radius 3 is 2.91 bits per heavy atom. The highest BCUT2D eigenvalue weighted by Gasteiger charge is 2.45. The zero-order valence-corrected chi connectivity index (χ0v) is 18.3. The second-order valence-electron chi connectivity index (χ2n) is 7.85. The number of H-pyrrole nitrogens is 1. The van der Waals surface area contributed by atoms with Crippen molar-refractivity contribution in [2.24, 2.45) is 11.0 Å². The molecular formula is C23H22N4O4S. The molecule has 8 nitrogen and oxygen atoms in total. The van der Waals surface area contributed by atoms with Crippen molar-refractivity contribution in [3.63, 3.8) is 0 Å². The van der Waals surface area contributed by atoms with E-state index in [1.54, 1.807) is 24.5 Å². The standard InChI is InChI=1S/C23H22N4O4S/c1-14-11-19(28)25-23(24-14)32-13-20(29)27-22(18-8-4-10-31-18)17-7-2-5-15(21(17)26-27)12-16-6-3-9-30-16/h3-4,6,8-12,17,22H,2,5,7,13H2,1H3,(H,24,25,28). The predicted octanol–water partition coefficient (Wildman–Crippen LogP) is 4.18. The summed E-state index contributed by atoms with van der Waals surface area (Å²) >= 11 is 1.19. The molecule has 4 heterocycles. The van der Waals surface area contributed by atoms with Crippen LogP contribution in [0.5, 0.6) is 0 Å². The van der Waals surface area contributed by atoms with E-state index in [1.807, 2.05) is 30.3 Å². The first-order valence-corrected chi connectivity index (χ1v) is 11.5. The minimum Gasteiger partial charge on any atom is -0.467 e. The van der Waals surface area contributed by atoms with E-state index in [0.29, 0.717) is 16.6 Å². The van der Waals surface area contributed by atoms with Gasteiger partial charge in [0, 0.05) is 17.7 Å². The van der Waals surface area contributed by atoms with E-state index in [9.17, 15) is 9.59 Å². The van der Waals surface area contributed by atoms with Gasteiger partial charge in [-0.25, -0.2) is 9.99 Å². The lowest BCUT2D eigenvalue weighted by atomic mass is 9.79. The Hall–Kier alpha value is -3.33. The zero-order chi connectivity index (χ0) is 22.1. The summed E-state index contributed by atoms with van der Waals surface area (Å²) in [6, 6.07) is 8.60. The zero-order valence-electron chi connectivity index (χ0n) is 17.5. The van der Waals surface area contributed by atoms with Crippen LogP contribution in [0.4, 0.5) is 0 Å². The first-order chi connectivity index (χ1) is 15.6. The normalized spacial score (nSPS) is 21.6. The van der Waals surface area contributed by atoms with Crippen molar-refractivity contribution in [2.45, 2.75) is 37.4 Å². The number of hydrogen-bond acceptors (Lipinski definition) is 7. The lowest BCUT2D eigenvalue weighted by Crippen LogP contribution is -2.32. The number of rotatable bonds is 5. The van der Waals surface area contributed by atoms with Crippen molar-refractivity contribution >= 4 is 29.5 Å². The van der Waals surface area contributed by atoms with E-state index in [2.05, 4.69) is 9.97 Å². The Kier molecular flexibility index (Phi) is 5.57. The average molecular weight is 451 g/mol. The summed E-state index contributed by atoms with van der Waals surface area (Å²) in [5.74, 6) is 1.48. The highest BCUT2D eigenvalue weighted by atomic mass is 32.2. The molecule has 1 N–H and O–H groups in total. The topological polar surface area (TPSA) is 105 Å². The van der Waals surface area contributed by atoms with Crippen LogP contribution in [0.15, 0.2) is 72.3 Å². The number of amides is 1. The van der Waals surface area contributed by atoms with E-state index < -0.39 is 0 Å². The van der Waals surface area contributed by atoms with Gasteiger partial charge in [-0.1, -0.05) is 11.8 Å². The molecule has 2 unspecified atom stereocenters. The third-order valence-corrected chi connectivity index (χ3v) is 6.49. The summed E-state index contributed by atoms with van der Waals surface area (Å²) in [6.07, 6.45) is 8.07. The molecule has 0 aromatic carbocycles. The second-order valence-corrected chi connectivity index (χ2v) is 8.81. The van der Waals surface area contributed by atoms with Gasteiger partial charge in [-0.2, -0.15) is 5.10 Å². The molecule has 3 aromatic rings. The Bertz CT molecular complexity index is 1230. The number of carbonyl (C=O) groups is 1. The fourth-order valence-electron chi connectivity index (χ4n) is 4.31. The molecule has 5 rings (SSSR count). The van der Waals surface area contributed by atoms with E-state index >= 15 is 0 Å². The smallest absolute Gasteiger partial charge is 0.253 e. The Balaban J connectivity index is 1.43. The van der Waals surface area contributed by atoms with E-state index in [4.69, 9.17) is 13.9 Å². The third kappa shape index (κ3) is 4.08. The lowest BCUT2D eigenvalue weighted by molar-refractivity contribution is -0.131. The van der Waals surface area contributed by atoms with Crippen LogP contribution in [0, 0.1) is 12.8 Å². The summed E-state index contributed by atoms with van der Waals surface area (Å²) in [6.45, 7) is 1.75. The van der Waals surface area contributed by atoms with Gasteiger partial charge in [0.15, 0.2) is 5.16 Å². The first-order valence-electron chi connectivity index (χ1n) is 10.5. The van der Waals surface area contributed by atoms with Gasteiger partial charge in [0.25, 0.3) is 11.5 Å². The number of nitrogens with zero attached hydrogens (tertiary/aromatic N) is 3. The Morgan fingerprint density at radius 1 is 1.31 bits per heavy atom. The number of hydrogen-bond donors (Lipinski definition) is 1. The fraction of sp³-hybridized carbons (Fsp3) is 0.304. The molecule has 0 saturated heterocycles. The van der Waals surface area contributed by atoms with Crippen LogP contribution < -0.4 is 5.56 Å². The molecule has 9 heteroatoms. The van der Waals surface area contributed by atoms with Gasteiger partial charge < -0.3 is 13.8 Å². The van der Waals surface area contributed by atoms with Gasteiger partial charge in [0.2, 0.25) is 0 Å². The number of aromatic nitrogens is 2. The highest BCUT2D eigenvalue weighted by molar-refractivity contribution is 7.99. The second kappa shape index (κ2) is 8.66. The molecule has 164 valence electrons. The minimum absolute atomic E-state index is 0.0574. The number of allylic oxidation sites excluding steroid dienone is 1. The van der Waals surface area contributed by atoms with Crippen LogP contribution in [0.25, 0.3) is 6.08 Å². The van der Waals surface area contributed by atoms with Crippen LogP contribution in [-0.4, -0.2) is 32.3 Å². The molecule has 1 fully saturated rings. The van der Waals surface area contributed by atoms with E-state index in [1.165, 1.54) is 17.8 Å². The highest BCUT2D eigenvalue weighted by Crippen LogP contribution is 2.44. The van der Waals surface area contributed by atoms with Gasteiger partial charge in [0.05, 0.1) is 24.0 Å². The predicted molar refractivity (Wildman–Crippen MR) is 120 cm³/mol. The summed E-state index contributed by atoms with van der Waals surface area (Å²) in [7, 11) is 0. The fourth-order valence-corrected chi connectivity index (χ4v) is 5.08. The van der Waals surface area contributed by atoms with Crippen LogP contribution in [-0.2, 0) is 4.79 Å². The van der Waals surface area contributed by atoms with Gasteiger partial charge in [-0.3, -0.25) is 9.59 Å².